The lowest BCUT2D eigenvalue weighted by molar-refractivity contribution is 0.239. The number of nitrogens with one attached hydrogen (secondary N) is 1. The minimum Gasteiger partial charge on any atom is -0.324 e. The summed E-state index contributed by atoms with van der Waals surface area (Å²) in [6.07, 6.45) is 3.40. The SMILES string of the molecule is NC1(CNCc2ccc(F)c(Cl)c2)CCC1. The van der Waals surface area contributed by atoms with Gasteiger partial charge in [0.15, 0.2) is 0 Å². The highest BCUT2D eigenvalue weighted by Crippen LogP contribution is 2.28. The van der Waals surface area contributed by atoms with Gasteiger partial charge in [-0.15, -0.1) is 0 Å². The molecule has 1 saturated carbocycles. The van der Waals surface area contributed by atoms with E-state index in [9.17, 15) is 4.39 Å². The largest absolute Gasteiger partial charge is 0.324 e. The highest BCUT2D eigenvalue weighted by atomic mass is 35.5. The van der Waals surface area contributed by atoms with Gasteiger partial charge in [-0.05, 0) is 37.0 Å². The van der Waals surface area contributed by atoms with Crippen molar-refractivity contribution < 1.29 is 4.39 Å². The van der Waals surface area contributed by atoms with Crippen LogP contribution in [0.1, 0.15) is 24.8 Å². The predicted octanol–water partition coefficient (Wildman–Crippen LogP) is 2.45. The van der Waals surface area contributed by atoms with E-state index in [1.54, 1.807) is 12.1 Å². The van der Waals surface area contributed by atoms with E-state index in [-0.39, 0.29) is 16.4 Å². The zero-order valence-electron chi connectivity index (χ0n) is 9.10. The summed E-state index contributed by atoms with van der Waals surface area (Å²) in [6.45, 7) is 1.49. The molecule has 0 bridgehead atoms. The lowest BCUT2D eigenvalue weighted by atomic mass is 9.78. The number of hydrogen-bond donors (Lipinski definition) is 2. The molecular formula is C12H16ClFN2. The Kier molecular flexibility index (Phi) is 3.47. The lowest BCUT2D eigenvalue weighted by Crippen LogP contribution is -2.53. The Hall–Kier alpha value is -0.640. The molecule has 0 radical (unpaired) electrons. The van der Waals surface area contributed by atoms with Crippen molar-refractivity contribution in [3.63, 3.8) is 0 Å². The second-order valence-corrected chi connectivity index (χ2v) is 4.98. The highest BCUT2D eigenvalue weighted by Gasteiger charge is 2.31. The molecule has 0 atom stereocenters. The second-order valence-electron chi connectivity index (χ2n) is 4.57. The summed E-state index contributed by atoms with van der Waals surface area (Å²) >= 11 is 5.69. The number of nitrogens with two attached hydrogens (primary N) is 1. The van der Waals surface area contributed by atoms with E-state index >= 15 is 0 Å². The van der Waals surface area contributed by atoms with Gasteiger partial charge in [-0.2, -0.15) is 0 Å². The summed E-state index contributed by atoms with van der Waals surface area (Å²) in [7, 11) is 0. The molecule has 3 N–H and O–H groups in total. The van der Waals surface area contributed by atoms with Crippen molar-refractivity contribution in [3.8, 4) is 0 Å². The molecule has 0 saturated heterocycles. The van der Waals surface area contributed by atoms with Gasteiger partial charge < -0.3 is 11.1 Å². The fourth-order valence-electron chi connectivity index (χ4n) is 1.91. The topological polar surface area (TPSA) is 38.0 Å². The smallest absolute Gasteiger partial charge is 0.141 e. The summed E-state index contributed by atoms with van der Waals surface area (Å²) in [5.41, 5.74) is 7.03. The molecule has 1 aromatic rings. The molecule has 88 valence electrons. The normalized spacial score (nSPS) is 18.2. The van der Waals surface area contributed by atoms with E-state index in [0.29, 0.717) is 6.54 Å². The van der Waals surface area contributed by atoms with Gasteiger partial charge in [0.05, 0.1) is 5.02 Å². The van der Waals surface area contributed by atoms with E-state index < -0.39 is 0 Å². The van der Waals surface area contributed by atoms with Crippen LogP contribution in [0, 0.1) is 5.82 Å². The summed E-state index contributed by atoms with van der Waals surface area (Å²) in [5.74, 6) is -0.375. The van der Waals surface area contributed by atoms with Crippen molar-refractivity contribution in [1.82, 2.24) is 5.32 Å². The molecule has 4 heteroatoms. The van der Waals surface area contributed by atoms with Crippen molar-refractivity contribution in [2.45, 2.75) is 31.3 Å². The van der Waals surface area contributed by atoms with Crippen LogP contribution in [0.25, 0.3) is 0 Å². The summed E-state index contributed by atoms with van der Waals surface area (Å²) < 4.78 is 12.9. The monoisotopic (exact) mass is 242 g/mol. The molecule has 16 heavy (non-hydrogen) atoms. The maximum Gasteiger partial charge on any atom is 0.141 e. The van der Waals surface area contributed by atoms with Crippen molar-refractivity contribution in [1.29, 1.82) is 0 Å². The zero-order valence-corrected chi connectivity index (χ0v) is 9.86. The van der Waals surface area contributed by atoms with Gasteiger partial charge in [-0.25, -0.2) is 4.39 Å². The van der Waals surface area contributed by atoms with Crippen LogP contribution in [0.5, 0.6) is 0 Å². The molecule has 0 heterocycles. The molecule has 1 aromatic carbocycles. The van der Waals surface area contributed by atoms with Crippen molar-refractivity contribution >= 4 is 11.6 Å². The molecule has 1 fully saturated rings. The van der Waals surface area contributed by atoms with Crippen molar-refractivity contribution in [2.24, 2.45) is 5.73 Å². The fraction of sp³-hybridized carbons (Fsp3) is 0.500. The van der Waals surface area contributed by atoms with Crippen LogP contribution in [0.15, 0.2) is 18.2 Å². The van der Waals surface area contributed by atoms with Crippen LogP contribution < -0.4 is 11.1 Å². The fourth-order valence-corrected chi connectivity index (χ4v) is 2.12. The first-order valence-corrected chi connectivity index (χ1v) is 5.90. The summed E-state index contributed by atoms with van der Waals surface area (Å²) in [6, 6.07) is 4.77. The van der Waals surface area contributed by atoms with Gasteiger partial charge in [0, 0.05) is 18.6 Å². The van der Waals surface area contributed by atoms with Gasteiger partial charge in [0.2, 0.25) is 0 Å². The van der Waals surface area contributed by atoms with Gasteiger partial charge >= 0.3 is 0 Å². The third-order valence-corrected chi connectivity index (χ3v) is 3.43. The molecule has 0 aromatic heterocycles. The van der Waals surface area contributed by atoms with Crippen LogP contribution in [0.4, 0.5) is 4.39 Å². The highest BCUT2D eigenvalue weighted by molar-refractivity contribution is 6.30. The standard InChI is InChI=1S/C12H16ClFN2/c13-10-6-9(2-3-11(10)14)7-16-8-12(15)4-1-5-12/h2-3,6,16H,1,4-5,7-8,15H2. The Morgan fingerprint density at radius 2 is 2.19 bits per heavy atom. The summed E-state index contributed by atoms with van der Waals surface area (Å²) in [4.78, 5) is 0. The van der Waals surface area contributed by atoms with Gasteiger partial charge in [0.1, 0.15) is 5.82 Å². The van der Waals surface area contributed by atoms with Crippen LogP contribution in [-0.4, -0.2) is 12.1 Å². The Labute approximate surface area is 100.0 Å². The predicted molar refractivity (Wildman–Crippen MR) is 63.9 cm³/mol. The molecule has 0 unspecified atom stereocenters. The molecule has 0 amide bonds. The van der Waals surface area contributed by atoms with Crippen molar-refractivity contribution in [3.05, 3.63) is 34.6 Å². The van der Waals surface area contributed by atoms with E-state index in [4.69, 9.17) is 17.3 Å². The van der Waals surface area contributed by atoms with Gasteiger partial charge in [-0.1, -0.05) is 17.7 Å². The van der Waals surface area contributed by atoms with Crippen LogP contribution in [0.3, 0.4) is 0 Å². The summed E-state index contributed by atoms with van der Waals surface area (Å²) in [5, 5.41) is 3.46. The molecule has 0 spiro atoms. The first-order chi connectivity index (χ1) is 7.59. The van der Waals surface area contributed by atoms with Crippen LogP contribution >= 0.6 is 11.6 Å². The molecular weight excluding hydrogens is 227 g/mol. The van der Waals surface area contributed by atoms with Crippen LogP contribution in [-0.2, 0) is 6.54 Å². The zero-order chi connectivity index (χ0) is 11.6. The third kappa shape index (κ3) is 2.73. The Bertz CT molecular complexity index is 377. The second kappa shape index (κ2) is 4.70. The van der Waals surface area contributed by atoms with E-state index in [1.165, 1.54) is 12.5 Å². The minimum absolute atomic E-state index is 0.0240. The number of rotatable bonds is 4. The minimum atomic E-state index is -0.375. The molecule has 1 aliphatic carbocycles. The Morgan fingerprint density at radius 3 is 2.75 bits per heavy atom. The first-order valence-electron chi connectivity index (χ1n) is 5.53. The van der Waals surface area contributed by atoms with Crippen LogP contribution in [0.2, 0.25) is 5.02 Å². The number of hydrogen-bond acceptors (Lipinski definition) is 2. The number of halogens is 2. The van der Waals surface area contributed by atoms with E-state index in [1.807, 2.05) is 0 Å². The molecule has 1 aliphatic rings. The first kappa shape index (κ1) is 11.8. The maximum atomic E-state index is 12.9. The quantitative estimate of drug-likeness (QED) is 0.851. The van der Waals surface area contributed by atoms with Gasteiger partial charge in [0.25, 0.3) is 0 Å². The molecule has 2 nitrogen and oxygen atoms in total. The Morgan fingerprint density at radius 1 is 1.44 bits per heavy atom. The average Bonchev–Trinajstić information content (AvgIpc) is 2.21. The van der Waals surface area contributed by atoms with Gasteiger partial charge in [-0.3, -0.25) is 0 Å². The average molecular weight is 243 g/mol. The maximum absolute atomic E-state index is 12.9. The van der Waals surface area contributed by atoms with E-state index in [2.05, 4.69) is 5.32 Å². The van der Waals surface area contributed by atoms with Crippen molar-refractivity contribution in [2.75, 3.05) is 6.54 Å². The lowest BCUT2D eigenvalue weighted by Gasteiger charge is -2.38. The number of benzene rings is 1. The van der Waals surface area contributed by atoms with E-state index in [0.717, 1.165) is 24.9 Å². The third-order valence-electron chi connectivity index (χ3n) is 3.14. The Balaban J connectivity index is 1.83. The molecule has 0 aliphatic heterocycles. The molecule has 2 rings (SSSR count).